The summed E-state index contributed by atoms with van der Waals surface area (Å²) in [6.45, 7) is 2.97. The molecule has 2 aliphatic rings. The average Bonchev–Trinajstić information content (AvgIpc) is 3.22. The first-order valence-corrected chi connectivity index (χ1v) is 10.5. The molecule has 0 N–H and O–H groups in total. The lowest BCUT2D eigenvalue weighted by Gasteiger charge is -2.33. The van der Waals surface area contributed by atoms with E-state index in [9.17, 15) is 0 Å². The summed E-state index contributed by atoms with van der Waals surface area (Å²) in [6, 6.07) is 8.70. The minimum atomic E-state index is 0.519. The Morgan fingerprint density at radius 1 is 0.929 bits per heavy atom. The Kier molecular flexibility index (Phi) is 4.81. The molecule has 0 atom stereocenters. The van der Waals surface area contributed by atoms with Crippen LogP contribution in [0.3, 0.4) is 0 Å². The van der Waals surface area contributed by atoms with Crippen LogP contribution >= 0.6 is 0 Å². The zero-order chi connectivity index (χ0) is 18.8. The van der Waals surface area contributed by atoms with Crippen molar-refractivity contribution < 1.29 is 0 Å². The highest BCUT2D eigenvalue weighted by Crippen LogP contribution is 2.30. The van der Waals surface area contributed by atoms with Crippen molar-refractivity contribution in [1.29, 1.82) is 0 Å². The highest BCUT2D eigenvalue weighted by Gasteiger charge is 2.25. The van der Waals surface area contributed by atoms with E-state index in [-0.39, 0.29) is 0 Å². The molecule has 1 aliphatic carbocycles. The molecule has 0 spiro atoms. The van der Waals surface area contributed by atoms with E-state index >= 15 is 0 Å². The summed E-state index contributed by atoms with van der Waals surface area (Å²) in [5.74, 6) is 2.90. The van der Waals surface area contributed by atoms with E-state index in [4.69, 9.17) is 9.97 Å². The van der Waals surface area contributed by atoms with Gasteiger partial charge in [-0.05, 0) is 67.9 Å². The first kappa shape index (κ1) is 17.4. The predicted octanol–water partition coefficient (Wildman–Crippen LogP) is 3.98. The first-order chi connectivity index (χ1) is 13.9. The van der Waals surface area contributed by atoms with Gasteiger partial charge in [-0.1, -0.05) is 6.07 Å². The molecule has 0 saturated carbocycles. The Balaban J connectivity index is 1.26. The Hall–Kier alpha value is -2.69. The third-order valence-electron chi connectivity index (χ3n) is 6.20. The molecule has 3 aromatic rings. The topological polar surface area (TPSA) is 46.8 Å². The van der Waals surface area contributed by atoms with E-state index in [0.29, 0.717) is 5.92 Å². The van der Waals surface area contributed by atoms with Crippen molar-refractivity contribution in [2.45, 2.75) is 51.0 Å². The molecule has 5 nitrogen and oxygen atoms in total. The predicted molar refractivity (Wildman–Crippen MR) is 111 cm³/mol. The zero-order valence-corrected chi connectivity index (χ0v) is 16.3. The van der Waals surface area contributed by atoms with Gasteiger partial charge in [0.1, 0.15) is 11.6 Å². The van der Waals surface area contributed by atoms with E-state index in [1.54, 1.807) is 0 Å². The highest BCUT2D eigenvalue weighted by atomic mass is 15.2. The van der Waals surface area contributed by atoms with Crippen molar-refractivity contribution >= 4 is 5.82 Å². The van der Waals surface area contributed by atoms with Crippen molar-refractivity contribution in [3.05, 3.63) is 71.7 Å². The summed E-state index contributed by atoms with van der Waals surface area (Å²) in [7, 11) is 0. The number of pyridine rings is 2. The second-order valence-electron chi connectivity index (χ2n) is 8.01. The van der Waals surface area contributed by atoms with Gasteiger partial charge in [0.25, 0.3) is 0 Å². The maximum absolute atomic E-state index is 5.00. The molecular formula is C23H27N5. The summed E-state index contributed by atoms with van der Waals surface area (Å²) in [5.41, 5.74) is 4.06. The van der Waals surface area contributed by atoms with Crippen molar-refractivity contribution in [3.8, 4) is 0 Å². The molecule has 0 unspecified atom stereocenters. The first-order valence-electron chi connectivity index (χ1n) is 10.5. The Labute approximate surface area is 166 Å². The number of fused-ring (bicyclic) bond motifs is 1. The molecule has 0 bridgehead atoms. The summed E-state index contributed by atoms with van der Waals surface area (Å²) < 4.78 is 2.30. The molecule has 0 aromatic carbocycles. The number of anilines is 1. The van der Waals surface area contributed by atoms with Crippen LogP contribution in [0.25, 0.3) is 0 Å². The Morgan fingerprint density at radius 3 is 2.61 bits per heavy atom. The largest absolute Gasteiger partial charge is 0.357 e. The van der Waals surface area contributed by atoms with Gasteiger partial charge in [0.15, 0.2) is 0 Å². The van der Waals surface area contributed by atoms with Crippen LogP contribution in [0.5, 0.6) is 0 Å². The van der Waals surface area contributed by atoms with Gasteiger partial charge in [-0.25, -0.2) is 9.97 Å². The number of hydrogen-bond acceptors (Lipinski definition) is 4. The third kappa shape index (κ3) is 3.53. The monoisotopic (exact) mass is 373 g/mol. The number of hydrogen-bond donors (Lipinski definition) is 0. The van der Waals surface area contributed by atoms with Gasteiger partial charge >= 0.3 is 0 Å². The number of aryl methyl sites for hydroxylation is 2. The third-order valence-corrected chi connectivity index (χ3v) is 6.20. The summed E-state index contributed by atoms with van der Waals surface area (Å²) in [5, 5.41) is 0. The maximum atomic E-state index is 5.00. The molecule has 4 heterocycles. The number of nitrogens with zero attached hydrogens (tertiary/aromatic N) is 5. The number of rotatable bonds is 4. The molecule has 0 amide bonds. The molecule has 1 fully saturated rings. The average molecular weight is 374 g/mol. The molecule has 28 heavy (non-hydrogen) atoms. The van der Waals surface area contributed by atoms with E-state index in [0.717, 1.165) is 38.9 Å². The van der Waals surface area contributed by atoms with E-state index < -0.39 is 0 Å². The van der Waals surface area contributed by atoms with Crippen LogP contribution in [0.1, 0.15) is 54.2 Å². The number of aromatic nitrogens is 4. The lowest BCUT2D eigenvalue weighted by atomic mass is 9.94. The lowest BCUT2D eigenvalue weighted by Crippen LogP contribution is -2.34. The van der Waals surface area contributed by atoms with Crippen molar-refractivity contribution in [1.82, 2.24) is 19.5 Å². The van der Waals surface area contributed by atoms with Gasteiger partial charge in [0, 0.05) is 56.0 Å². The highest BCUT2D eigenvalue weighted by molar-refractivity contribution is 5.43. The number of piperidine rings is 1. The Morgan fingerprint density at radius 2 is 1.75 bits per heavy atom. The standard InChI is InChI=1S/C23H27N5/c1-2-4-21-19(3-1)5-6-22(26-21)27-14-9-20(10-15-27)23-25-13-16-28(23)17-18-7-11-24-12-8-18/h5-8,11-13,16,20H,1-4,9-10,14-15,17H2. The van der Waals surface area contributed by atoms with Crippen LogP contribution in [-0.4, -0.2) is 32.6 Å². The van der Waals surface area contributed by atoms with Crippen LogP contribution in [0.4, 0.5) is 5.82 Å². The molecule has 5 heteroatoms. The lowest BCUT2D eigenvalue weighted by molar-refractivity contribution is 0.468. The zero-order valence-electron chi connectivity index (χ0n) is 16.3. The molecule has 144 valence electrons. The van der Waals surface area contributed by atoms with Crippen LogP contribution in [0.15, 0.2) is 49.1 Å². The van der Waals surface area contributed by atoms with Crippen LogP contribution in [0, 0.1) is 0 Å². The van der Waals surface area contributed by atoms with Gasteiger partial charge in [-0.2, -0.15) is 0 Å². The minimum absolute atomic E-state index is 0.519. The molecule has 1 aliphatic heterocycles. The summed E-state index contributed by atoms with van der Waals surface area (Å²) in [4.78, 5) is 16.3. The van der Waals surface area contributed by atoms with E-state index in [1.807, 2.05) is 18.6 Å². The normalized spacial score (nSPS) is 17.5. The van der Waals surface area contributed by atoms with Crippen LogP contribution in [0.2, 0.25) is 0 Å². The van der Waals surface area contributed by atoms with Gasteiger partial charge in [0.05, 0.1) is 0 Å². The molecular weight excluding hydrogens is 346 g/mol. The second-order valence-corrected chi connectivity index (χ2v) is 8.01. The number of imidazole rings is 1. The smallest absolute Gasteiger partial charge is 0.128 e. The van der Waals surface area contributed by atoms with Gasteiger partial charge in [0.2, 0.25) is 0 Å². The molecule has 5 rings (SSSR count). The molecule has 1 saturated heterocycles. The fourth-order valence-electron chi connectivity index (χ4n) is 4.61. The second kappa shape index (κ2) is 7.74. The maximum Gasteiger partial charge on any atom is 0.128 e. The van der Waals surface area contributed by atoms with Gasteiger partial charge < -0.3 is 9.47 Å². The Bertz CT molecular complexity index is 925. The fourth-order valence-corrected chi connectivity index (χ4v) is 4.61. The molecule has 3 aromatic heterocycles. The fraction of sp³-hybridized carbons (Fsp3) is 0.435. The SMILES string of the molecule is c1cc(Cn2ccnc2C2CCN(c3ccc4c(n3)CCCC4)CC2)ccn1. The minimum Gasteiger partial charge on any atom is -0.357 e. The van der Waals surface area contributed by atoms with Crippen LogP contribution in [-0.2, 0) is 19.4 Å². The van der Waals surface area contributed by atoms with Gasteiger partial charge in [-0.15, -0.1) is 0 Å². The molecule has 0 radical (unpaired) electrons. The van der Waals surface area contributed by atoms with E-state index in [1.165, 1.54) is 47.7 Å². The van der Waals surface area contributed by atoms with E-state index in [2.05, 4.69) is 44.9 Å². The van der Waals surface area contributed by atoms with Gasteiger partial charge in [-0.3, -0.25) is 4.98 Å². The summed E-state index contributed by atoms with van der Waals surface area (Å²) >= 11 is 0. The van der Waals surface area contributed by atoms with Crippen LogP contribution < -0.4 is 4.90 Å². The quantitative estimate of drug-likeness (QED) is 0.694. The van der Waals surface area contributed by atoms with Crippen molar-refractivity contribution in [2.24, 2.45) is 0 Å². The summed E-state index contributed by atoms with van der Waals surface area (Å²) in [6.07, 6.45) is 15.0. The van der Waals surface area contributed by atoms with Crippen molar-refractivity contribution in [2.75, 3.05) is 18.0 Å². The van der Waals surface area contributed by atoms with Crippen molar-refractivity contribution in [3.63, 3.8) is 0 Å².